The molecule has 3 rings (SSSR count). The largest absolute Gasteiger partial charge is 0.335 e. The maximum atomic E-state index is 12.1. The number of hydrogen-bond acceptors (Lipinski definition) is 3. The minimum absolute atomic E-state index is 0.0624. The van der Waals surface area contributed by atoms with Crippen LogP contribution < -0.4 is 10.6 Å². The number of thiazole rings is 1. The van der Waals surface area contributed by atoms with Crippen LogP contribution in [0.3, 0.4) is 0 Å². The second-order valence-corrected chi connectivity index (χ2v) is 7.69. The van der Waals surface area contributed by atoms with Gasteiger partial charge in [-0.15, -0.1) is 11.3 Å². The molecule has 2 fully saturated rings. The molecule has 0 radical (unpaired) electrons. The van der Waals surface area contributed by atoms with Crippen molar-refractivity contribution in [1.29, 1.82) is 0 Å². The van der Waals surface area contributed by atoms with Gasteiger partial charge in [0, 0.05) is 11.4 Å². The molecule has 2 N–H and O–H groups in total. The Morgan fingerprint density at radius 2 is 2.30 bits per heavy atom. The lowest BCUT2D eigenvalue weighted by Gasteiger charge is -2.39. The lowest BCUT2D eigenvalue weighted by molar-refractivity contribution is 0.123. The Morgan fingerprint density at radius 1 is 1.50 bits per heavy atom. The van der Waals surface area contributed by atoms with E-state index in [0.29, 0.717) is 18.0 Å². The number of hydrogen-bond donors (Lipinski definition) is 2. The minimum Gasteiger partial charge on any atom is -0.335 e. The summed E-state index contributed by atoms with van der Waals surface area (Å²) in [5.41, 5.74) is 3.27. The van der Waals surface area contributed by atoms with Crippen LogP contribution in [0.4, 0.5) is 4.79 Å². The molecule has 1 aromatic heterocycles. The van der Waals surface area contributed by atoms with Gasteiger partial charge in [0.15, 0.2) is 0 Å². The molecular formula is C15H23N3OS. The van der Waals surface area contributed by atoms with Gasteiger partial charge in [0.2, 0.25) is 0 Å². The van der Waals surface area contributed by atoms with E-state index in [0.717, 1.165) is 18.0 Å². The van der Waals surface area contributed by atoms with Crippen LogP contribution in [0.2, 0.25) is 0 Å². The van der Waals surface area contributed by atoms with Gasteiger partial charge >= 0.3 is 6.03 Å². The highest BCUT2D eigenvalue weighted by Gasteiger charge is 2.61. The van der Waals surface area contributed by atoms with Gasteiger partial charge < -0.3 is 10.6 Å². The summed E-state index contributed by atoms with van der Waals surface area (Å²) in [6.45, 7) is 7.57. The number of fused-ring (bicyclic) bond motifs is 2. The van der Waals surface area contributed by atoms with Crippen LogP contribution in [0.5, 0.6) is 0 Å². The first kappa shape index (κ1) is 13.9. The predicted molar refractivity (Wildman–Crippen MR) is 80.5 cm³/mol. The van der Waals surface area contributed by atoms with Gasteiger partial charge in [-0.05, 0) is 36.0 Å². The number of amides is 2. The van der Waals surface area contributed by atoms with Gasteiger partial charge in [0.25, 0.3) is 0 Å². The lowest BCUT2D eigenvalue weighted by Crippen LogP contribution is -2.50. The van der Waals surface area contributed by atoms with E-state index in [1.165, 1.54) is 12.8 Å². The van der Waals surface area contributed by atoms with E-state index < -0.39 is 0 Å². The van der Waals surface area contributed by atoms with Crippen molar-refractivity contribution in [3.8, 4) is 0 Å². The summed E-state index contributed by atoms with van der Waals surface area (Å²) in [7, 11) is 0. The zero-order chi connectivity index (χ0) is 14.4. The van der Waals surface area contributed by atoms with Gasteiger partial charge in [0.1, 0.15) is 0 Å². The monoisotopic (exact) mass is 293 g/mol. The van der Waals surface area contributed by atoms with E-state index in [9.17, 15) is 4.79 Å². The first-order valence-electron chi connectivity index (χ1n) is 7.35. The molecule has 2 aliphatic carbocycles. The smallest absolute Gasteiger partial charge is 0.315 e. The standard InChI is InChI=1S/C15H23N3OS/c1-14(2)10-4-5-15(14,3)12(6-10)18-13(19)16-7-11-8-20-9-17-11/h8-10,12H,4-7H2,1-3H3,(H2,16,18,19)/t10-,12-,15-/m0/s1. The zero-order valence-electron chi connectivity index (χ0n) is 12.4. The van der Waals surface area contributed by atoms with Crippen molar-refractivity contribution in [2.45, 2.75) is 52.6 Å². The number of urea groups is 1. The summed E-state index contributed by atoms with van der Waals surface area (Å²) in [5.74, 6) is 0.747. The third kappa shape index (κ3) is 2.03. The summed E-state index contributed by atoms with van der Waals surface area (Å²) in [6, 6.07) is 0.235. The maximum absolute atomic E-state index is 12.1. The molecule has 5 heteroatoms. The first-order chi connectivity index (χ1) is 9.43. The Hall–Kier alpha value is -1.10. The van der Waals surface area contributed by atoms with Crippen LogP contribution >= 0.6 is 11.3 Å². The Labute approximate surface area is 124 Å². The van der Waals surface area contributed by atoms with E-state index in [1.807, 2.05) is 5.38 Å². The molecule has 0 unspecified atom stereocenters. The molecule has 4 nitrogen and oxygen atoms in total. The highest BCUT2D eigenvalue weighted by molar-refractivity contribution is 7.07. The number of rotatable bonds is 3. The fourth-order valence-corrected chi connectivity index (χ4v) is 4.69. The van der Waals surface area contributed by atoms with Gasteiger partial charge in [-0.3, -0.25) is 0 Å². The van der Waals surface area contributed by atoms with Crippen molar-refractivity contribution in [1.82, 2.24) is 15.6 Å². The molecule has 2 aliphatic rings. The summed E-state index contributed by atoms with van der Waals surface area (Å²) in [5, 5.41) is 8.07. The van der Waals surface area contributed by atoms with Crippen molar-refractivity contribution in [3.05, 3.63) is 16.6 Å². The topological polar surface area (TPSA) is 54.0 Å². The second kappa shape index (κ2) is 4.72. The molecule has 2 bridgehead atoms. The zero-order valence-corrected chi connectivity index (χ0v) is 13.2. The molecule has 0 spiro atoms. The molecule has 2 amide bonds. The molecule has 110 valence electrons. The highest BCUT2D eigenvalue weighted by Crippen LogP contribution is 2.65. The van der Waals surface area contributed by atoms with Crippen LogP contribution in [0, 0.1) is 16.7 Å². The molecule has 2 saturated carbocycles. The number of nitrogens with one attached hydrogen (secondary N) is 2. The predicted octanol–water partition coefficient (Wildman–Crippen LogP) is 3.16. The SMILES string of the molecule is CC1(C)[C@H]2CC[C@@]1(C)[C@@H](NC(=O)NCc1cscn1)C2. The molecule has 0 aliphatic heterocycles. The van der Waals surface area contributed by atoms with Crippen molar-refractivity contribution in [2.75, 3.05) is 0 Å². The summed E-state index contributed by atoms with van der Waals surface area (Å²) in [6.07, 6.45) is 3.65. The van der Waals surface area contributed by atoms with Gasteiger partial charge in [-0.25, -0.2) is 9.78 Å². The van der Waals surface area contributed by atoms with Crippen molar-refractivity contribution >= 4 is 17.4 Å². The van der Waals surface area contributed by atoms with Crippen molar-refractivity contribution in [2.24, 2.45) is 16.7 Å². The Kier molecular flexibility index (Phi) is 3.27. The molecule has 1 heterocycles. The molecule has 0 aromatic carbocycles. The number of aromatic nitrogens is 1. The number of nitrogens with zero attached hydrogens (tertiary/aromatic N) is 1. The van der Waals surface area contributed by atoms with E-state index in [1.54, 1.807) is 16.8 Å². The van der Waals surface area contributed by atoms with Crippen LogP contribution in [-0.4, -0.2) is 17.1 Å². The third-order valence-electron chi connectivity index (χ3n) is 6.01. The first-order valence-corrected chi connectivity index (χ1v) is 8.29. The summed E-state index contributed by atoms with van der Waals surface area (Å²) < 4.78 is 0. The molecule has 3 atom stereocenters. The van der Waals surface area contributed by atoms with Crippen molar-refractivity contribution < 1.29 is 4.79 Å². The van der Waals surface area contributed by atoms with Gasteiger partial charge in [0.05, 0.1) is 17.7 Å². The van der Waals surface area contributed by atoms with Crippen LogP contribution in [-0.2, 0) is 6.54 Å². The maximum Gasteiger partial charge on any atom is 0.315 e. The fraction of sp³-hybridized carbons (Fsp3) is 0.733. The highest BCUT2D eigenvalue weighted by atomic mass is 32.1. The van der Waals surface area contributed by atoms with Gasteiger partial charge in [-0.1, -0.05) is 20.8 Å². The lowest BCUT2D eigenvalue weighted by atomic mass is 9.69. The van der Waals surface area contributed by atoms with E-state index >= 15 is 0 Å². The molecule has 20 heavy (non-hydrogen) atoms. The molecule has 0 saturated heterocycles. The Balaban J connectivity index is 1.58. The fourth-order valence-electron chi connectivity index (χ4n) is 4.13. The quantitative estimate of drug-likeness (QED) is 0.899. The number of carbonyl (C=O) groups excluding carboxylic acids is 1. The third-order valence-corrected chi connectivity index (χ3v) is 6.65. The average molecular weight is 293 g/mol. The normalized spacial score (nSPS) is 34.1. The minimum atomic E-state index is -0.0624. The van der Waals surface area contributed by atoms with Crippen molar-refractivity contribution in [3.63, 3.8) is 0 Å². The Morgan fingerprint density at radius 3 is 2.85 bits per heavy atom. The van der Waals surface area contributed by atoms with Gasteiger partial charge in [-0.2, -0.15) is 0 Å². The van der Waals surface area contributed by atoms with Crippen LogP contribution in [0.1, 0.15) is 45.7 Å². The van der Waals surface area contributed by atoms with Crippen LogP contribution in [0.25, 0.3) is 0 Å². The van der Waals surface area contributed by atoms with Crippen LogP contribution in [0.15, 0.2) is 10.9 Å². The summed E-state index contributed by atoms with van der Waals surface area (Å²) in [4.78, 5) is 16.2. The molecular weight excluding hydrogens is 270 g/mol. The molecule has 1 aromatic rings. The average Bonchev–Trinajstić information content (AvgIpc) is 3.02. The Bertz CT molecular complexity index is 499. The van der Waals surface area contributed by atoms with E-state index in [2.05, 4.69) is 36.4 Å². The second-order valence-electron chi connectivity index (χ2n) is 6.97. The van der Waals surface area contributed by atoms with E-state index in [4.69, 9.17) is 0 Å². The summed E-state index contributed by atoms with van der Waals surface area (Å²) >= 11 is 1.55. The van der Waals surface area contributed by atoms with E-state index in [-0.39, 0.29) is 11.4 Å². The number of carbonyl (C=O) groups is 1.